The van der Waals surface area contributed by atoms with Crippen molar-refractivity contribution < 1.29 is 131 Å². The van der Waals surface area contributed by atoms with E-state index in [9.17, 15) is 81.7 Å². The van der Waals surface area contributed by atoms with Crippen molar-refractivity contribution in [2.24, 2.45) is 0 Å². The van der Waals surface area contributed by atoms with Gasteiger partial charge < -0.3 is 131 Å². The van der Waals surface area contributed by atoms with E-state index in [-0.39, 0.29) is 140 Å². The lowest BCUT2D eigenvalue weighted by molar-refractivity contribution is -0.0280. The Hall–Kier alpha value is 3.42. The van der Waals surface area contributed by atoms with Crippen LogP contribution in [0, 0.1) is 0 Å². The molecule has 8 atom stereocenters. The van der Waals surface area contributed by atoms with Crippen molar-refractivity contribution in [3.8, 4) is 0 Å². The van der Waals surface area contributed by atoms with Gasteiger partial charge in [-0.15, -0.1) is 0 Å². The molecule has 8 unspecified atom stereocenters. The maximum atomic E-state index is 10.6. The molecule has 0 radical (unpaired) electrons. The third-order valence-corrected chi connectivity index (χ3v) is 60.9. The molecule has 6 heterocycles. The van der Waals surface area contributed by atoms with Gasteiger partial charge in [-0.05, 0) is 46.0 Å². The highest BCUT2D eigenvalue weighted by Crippen LogP contribution is 2.55. The summed E-state index contributed by atoms with van der Waals surface area (Å²) in [4.78, 5) is 0. The topological polar surface area (TPSA) is 434 Å². The van der Waals surface area contributed by atoms with Crippen LogP contribution in [0.4, 0.5) is 0 Å². The van der Waals surface area contributed by atoms with E-state index in [1.54, 1.807) is 0 Å². The number of aliphatic hydroxyl groups excluding tert-OH is 16. The van der Waals surface area contributed by atoms with Crippen molar-refractivity contribution in [3.63, 3.8) is 0 Å². The summed E-state index contributed by atoms with van der Waals surface area (Å²) >= 11 is 10.1. The molecule has 44 heteroatoms. The Labute approximate surface area is 533 Å². The monoisotopic (exact) mass is 1500 g/mol. The van der Waals surface area contributed by atoms with Gasteiger partial charge >= 0.3 is 70.4 Å². The Morgan fingerprint density at radius 3 is 0.369 bits per heavy atom. The van der Waals surface area contributed by atoms with Crippen LogP contribution in [0.5, 0.6) is 0 Å². The molecule has 0 spiro atoms. The van der Waals surface area contributed by atoms with E-state index in [0.29, 0.717) is 0 Å². The van der Waals surface area contributed by atoms with Gasteiger partial charge in [0.15, 0.2) is 0 Å². The number of aliphatic hydroxyl groups is 16. The largest absolute Gasteiger partial charge is 0.479 e. The van der Waals surface area contributed by atoms with Crippen LogP contribution in [0.1, 0.15) is 0 Å². The van der Waals surface area contributed by atoms with Crippen molar-refractivity contribution in [3.05, 3.63) is 0 Å². The summed E-state index contributed by atoms with van der Waals surface area (Å²) in [5, 5.41) is 163. The van der Waals surface area contributed by atoms with Crippen molar-refractivity contribution in [1.82, 2.24) is 0 Å². The molecule has 6 fully saturated rings. The second-order valence-corrected chi connectivity index (χ2v) is 53.9. The summed E-state index contributed by atoms with van der Waals surface area (Å²) in [6.45, 7) is -4.17. The fourth-order valence-corrected chi connectivity index (χ4v) is 70.8. The van der Waals surface area contributed by atoms with E-state index in [1.165, 1.54) is 94.1 Å². The van der Waals surface area contributed by atoms with Crippen molar-refractivity contribution in [2.45, 2.75) is 97.2 Å². The molecule has 0 aromatic heterocycles. The highest BCUT2D eigenvalue weighted by molar-refractivity contribution is 8.01. The predicted molar refractivity (Wildman–Crippen MR) is 341 cm³/mol. The van der Waals surface area contributed by atoms with Gasteiger partial charge in [-0.1, -0.05) is 0 Å². The quantitative estimate of drug-likeness (QED) is 0.0207. The van der Waals surface area contributed by atoms with Gasteiger partial charge in [-0.25, -0.2) is 0 Å². The molecule has 6 saturated heterocycles. The highest BCUT2D eigenvalue weighted by atomic mass is 32.2. The maximum Gasteiger partial charge on any atom is 0.479 e. The lowest BCUT2D eigenvalue weighted by Gasteiger charge is -2.63. The second kappa shape index (κ2) is 38.8. The summed E-state index contributed by atoms with van der Waals surface area (Å²) in [6, 6.07) is -0.572. The number of thioether (sulfide) groups is 8. The lowest BCUT2D eigenvalue weighted by atomic mass is 10.4. The molecule has 84 heavy (non-hydrogen) atoms. The van der Waals surface area contributed by atoms with Crippen LogP contribution in [-0.2, 0) is 49.4 Å². The first-order valence-corrected chi connectivity index (χ1v) is 52.2. The van der Waals surface area contributed by atoms with Crippen LogP contribution < -0.4 is 0 Å². The first-order chi connectivity index (χ1) is 40.1. The van der Waals surface area contributed by atoms with Gasteiger partial charge in [-0.2, -0.15) is 94.1 Å². The molecule has 0 amide bonds. The minimum Gasteiger partial charge on any atom is -0.394 e. The zero-order valence-corrected chi connectivity index (χ0v) is 61.1. The normalized spacial score (nSPS) is 33.1. The summed E-state index contributed by atoms with van der Waals surface area (Å²) < 4.78 is 92.9. The van der Waals surface area contributed by atoms with Gasteiger partial charge in [0.1, 0.15) is 0 Å². The van der Waals surface area contributed by atoms with Crippen LogP contribution in [0.2, 0.25) is 48.4 Å². The summed E-state index contributed by atoms with van der Waals surface area (Å²) in [7, 11) is -37.7. The zero-order chi connectivity index (χ0) is 61.4. The molecule has 0 aliphatic carbocycles. The van der Waals surface area contributed by atoms with Crippen LogP contribution in [0.3, 0.4) is 0 Å². The van der Waals surface area contributed by atoms with E-state index >= 15 is 0 Å². The standard InChI is InChI=1S/C40H88O28S8Si8/c41-17-33(49)25-69-1-9-77-57-78(10-2-70-26-34(50)18-42)60-81(13-5-73-29-37(53)21-45)62-79(58-77,11-3-71-27-35(51)19-43)64-83(15-7-75-31-39(55)23-47)65-80(59-77,12-4-72-28-36(52)20-44)63-82(61-78,14-6-74-30-38(54)22-46)67-84(66-81,68-83)16-8-76-32-40(56)24-48/h33-56H,1-32H2. The van der Waals surface area contributed by atoms with Crippen molar-refractivity contribution >= 4 is 165 Å². The maximum absolute atomic E-state index is 10.6. The fraction of sp³-hybridized carbons (Fsp3) is 1.00. The van der Waals surface area contributed by atoms with Gasteiger partial charge in [0, 0.05) is 94.4 Å². The molecule has 16 N–H and O–H groups in total. The number of hydrogen-bond acceptors (Lipinski definition) is 36. The van der Waals surface area contributed by atoms with Crippen LogP contribution in [0.15, 0.2) is 0 Å². The number of hydrogen-bond donors (Lipinski definition) is 16. The van der Waals surface area contributed by atoms with E-state index in [4.69, 9.17) is 49.4 Å². The smallest absolute Gasteiger partial charge is 0.394 e. The molecule has 0 aromatic carbocycles. The third-order valence-electron chi connectivity index (χ3n) is 12.3. The molecule has 0 saturated carbocycles. The molecule has 496 valence electrons. The van der Waals surface area contributed by atoms with E-state index in [1.807, 2.05) is 0 Å². The first kappa shape index (κ1) is 78.1. The van der Waals surface area contributed by atoms with E-state index in [0.717, 1.165) is 0 Å². The second-order valence-electron chi connectivity index (χ2n) is 20.0. The van der Waals surface area contributed by atoms with Crippen molar-refractivity contribution in [1.29, 1.82) is 0 Å². The molecule has 8 bridgehead atoms. The molecular formula is C40H88O28S8Si8. The molecule has 6 aliphatic heterocycles. The third kappa shape index (κ3) is 25.2. The van der Waals surface area contributed by atoms with Crippen LogP contribution in [0.25, 0.3) is 0 Å². The van der Waals surface area contributed by atoms with Crippen molar-refractivity contribution in [2.75, 3.05) is 145 Å². The minimum absolute atomic E-state index is 0.0716. The SMILES string of the molecule is OCC(O)CSCC[Si]12O[Si]3(CCSCC(O)CO)O[Si]4(CCSCC(O)CO)O[Si](CCSCC(O)CO)(O1)O[Si]1(CCSCC(O)CO)O[Si](CCSCC(O)CO)(O2)O[Si](CCSCC(O)CO)(O3)O[Si](CCSCC(O)CO)(O4)O1. The Kier molecular flexibility index (Phi) is 36.1. The summed E-state index contributed by atoms with van der Waals surface area (Å²) in [6.07, 6.45) is -8.83. The Morgan fingerprint density at radius 1 is 0.190 bits per heavy atom. The Morgan fingerprint density at radius 2 is 0.286 bits per heavy atom. The van der Waals surface area contributed by atoms with E-state index in [2.05, 4.69) is 0 Å². The lowest BCUT2D eigenvalue weighted by Crippen LogP contribution is -2.88. The average molecular weight is 1500 g/mol. The van der Waals surface area contributed by atoms with Gasteiger partial charge in [0.2, 0.25) is 0 Å². The Bertz CT molecular complexity index is 1410. The molecule has 28 nitrogen and oxygen atoms in total. The van der Waals surface area contributed by atoms with Crippen LogP contribution in [-0.4, -0.2) is 346 Å². The average Bonchev–Trinajstić information content (AvgIpc) is 0.720. The Balaban J connectivity index is 1.90. The molecular weight excluding hydrogens is 1410 g/mol. The zero-order valence-electron chi connectivity index (χ0n) is 46.6. The molecule has 6 aliphatic rings. The van der Waals surface area contributed by atoms with Gasteiger partial charge in [-0.3, -0.25) is 0 Å². The molecule has 0 aromatic rings. The first-order valence-electron chi connectivity index (χ1n) is 27.5. The fourth-order valence-electron chi connectivity index (χ4n) is 8.32. The predicted octanol–water partition coefficient (Wildman–Crippen LogP) is -3.54. The van der Waals surface area contributed by atoms with Gasteiger partial charge in [0.25, 0.3) is 0 Å². The van der Waals surface area contributed by atoms with Crippen LogP contribution >= 0.6 is 94.1 Å². The highest BCUT2D eigenvalue weighted by Gasteiger charge is 2.83. The molecule has 6 rings (SSSR count). The summed E-state index contributed by atoms with van der Waals surface area (Å²) in [5.74, 6) is 1.87. The van der Waals surface area contributed by atoms with Gasteiger partial charge in [0.05, 0.1) is 102 Å². The van der Waals surface area contributed by atoms with E-state index < -0.39 is 172 Å². The summed E-state index contributed by atoms with van der Waals surface area (Å²) in [5.41, 5.74) is 0. The minimum atomic E-state index is -4.71. The number of rotatable bonds is 48.